The fraction of sp³-hybridized carbons (Fsp3) is 0.875. The van der Waals surface area contributed by atoms with Crippen molar-refractivity contribution in [1.82, 2.24) is 4.90 Å². The van der Waals surface area contributed by atoms with Gasteiger partial charge < -0.3 is 10.6 Å². The lowest BCUT2D eigenvalue weighted by Crippen LogP contribution is -2.30. The molecule has 1 fully saturated rings. The van der Waals surface area contributed by atoms with Gasteiger partial charge in [-0.3, -0.25) is 4.79 Å². The van der Waals surface area contributed by atoms with Crippen molar-refractivity contribution >= 4 is 5.91 Å². The maximum absolute atomic E-state index is 10.5. The van der Waals surface area contributed by atoms with Crippen LogP contribution in [0.4, 0.5) is 0 Å². The van der Waals surface area contributed by atoms with Gasteiger partial charge in [-0.1, -0.05) is 0 Å². The van der Waals surface area contributed by atoms with E-state index in [1.807, 2.05) is 0 Å². The minimum absolute atomic E-state index is 0.191. The third-order valence-corrected chi connectivity index (χ3v) is 2.34. The van der Waals surface area contributed by atoms with Gasteiger partial charge in [-0.25, -0.2) is 0 Å². The molecule has 0 aromatic carbocycles. The van der Waals surface area contributed by atoms with Crippen molar-refractivity contribution in [3.8, 4) is 0 Å². The molecule has 0 spiro atoms. The number of nitrogens with two attached hydrogens (primary N) is 1. The number of nitrogens with zero attached hydrogens (tertiary/aromatic N) is 1. The molecule has 0 aromatic heterocycles. The summed E-state index contributed by atoms with van der Waals surface area (Å²) >= 11 is 0. The lowest BCUT2D eigenvalue weighted by molar-refractivity contribution is -0.118. The van der Waals surface area contributed by atoms with Crippen molar-refractivity contribution in [2.45, 2.75) is 32.2 Å². The van der Waals surface area contributed by atoms with Gasteiger partial charge in [0.15, 0.2) is 0 Å². The molecular formula is C8H16N2O. The second kappa shape index (κ2) is 3.72. The molecule has 64 valence electrons. The van der Waals surface area contributed by atoms with Gasteiger partial charge in [-0.2, -0.15) is 0 Å². The van der Waals surface area contributed by atoms with Gasteiger partial charge in [-0.15, -0.1) is 0 Å². The van der Waals surface area contributed by atoms with E-state index in [-0.39, 0.29) is 5.91 Å². The third-order valence-electron chi connectivity index (χ3n) is 2.34. The highest BCUT2D eigenvalue weighted by Crippen LogP contribution is 2.15. The minimum atomic E-state index is -0.191. The highest BCUT2D eigenvalue weighted by atomic mass is 16.1. The maximum atomic E-state index is 10.5. The van der Waals surface area contributed by atoms with Crippen molar-refractivity contribution in [3.63, 3.8) is 0 Å². The molecule has 1 atom stereocenters. The summed E-state index contributed by atoms with van der Waals surface area (Å²) in [5, 5.41) is 0. The second-order valence-corrected chi connectivity index (χ2v) is 3.24. The topological polar surface area (TPSA) is 46.3 Å². The van der Waals surface area contributed by atoms with Crippen LogP contribution in [-0.2, 0) is 4.79 Å². The van der Waals surface area contributed by atoms with Gasteiger partial charge in [0.25, 0.3) is 0 Å². The van der Waals surface area contributed by atoms with Gasteiger partial charge in [-0.05, 0) is 26.3 Å². The Hall–Kier alpha value is -0.570. The first kappa shape index (κ1) is 8.53. The average molecular weight is 156 g/mol. The van der Waals surface area contributed by atoms with E-state index in [2.05, 4.69) is 11.8 Å². The SMILES string of the molecule is CC1CCCN1CCC(N)=O. The van der Waals surface area contributed by atoms with Crippen molar-refractivity contribution < 1.29 is 4.79 Å². The van der Waals surface area contributed by atoms with E-state index in [1.54, 1.807) is 0 Å². The predicted molar refractivity (Wildman–Crippen MR) is 44.1 cm³/mol. The van der Waals surface area contributed by atoms with Crippen LogP contribution >= 0.6 is 0 Å². The molecule has 0 aliphatic carbocycles. The third kappa shape index (κ3) is 2.50. The summed E-state index contributed by atoms with van der Waals surface area (Å²) in [4.78, 5) is 12.8. The van der Waals surface area contributed by atoms with Crippen LogP contribution in [0, 0.1) is 0 Å². The number of amides is 1. The number of hydrogen-bond acceptors (Lipinski definition) is 2. The number of hydrogen-bond donors (Lipinski definition) is 1. The van der Waals surface area contributed by atoms with Crippen molar-refractivity contribution in [2.24, 2.45) is 5.73 Å². The Kier molecular flexibility index (Phi) is 2.88. The summed E-state index contributed by atoms with van der Waals surface area (Å²) in [7, 11) is 0. The highest BCUT2D eigenvalue weighted by Gasteiger charge is 2.19. The van der Waals surface area contributed by atoms with Crippen LogP contribution < -0.4 is 5.73 Å². The molecule has 0 radical (unpaired) electrons. The largest absolute Gasteiger partial charge is 0.370 e. The van der Waals surface area contributed by atoms with Gasteiger partial charge in [0.2, 0.25) is 5.91 Å². The summed E-state index contributed by atoms with van der Waals surface area (Å²) in [5.74, 6) is -0.191. The van der Waals surface area contributed by atoms with Gasteiger partial charge in [0.1, 0.15) is 0 Å². The summed E-state index contributed by atoms with van der Waals surface area (Å²) < 4.78 is 0. The normalized spacial score (nSPS) is 25.7. The molecule has 1 rings (SSSR count). The van der Waals surface area contributed by atoms with Gasteiger partial charge >= 0.3 is 0 Å². The van der Waals surface area contributed by atoms with Crippen LogP contribution in [0.15, 0.2) is 0 Å². The van der Waals surface area contributed by atoms with Crippen LogP contribution in [0.25, 0.3) is 0 Å². The first-order valence-electron chi connectivity index (χ1n) is 4.22. The Morgan fingerprint density at radius 2 is 2.45 bits per heavy atom. The van der Waals surface area contributed by atoms with E-state index >= 15 is 0 Å². The van der Waals surface area contributed by atoms with E-state index in [0.717, 1.165) is 13.1 Å². The van der Waals surface area contributed by atoms with Crippen molar-refractivity contribution in [1.29, 1.82) is 0 Å². The quantitative estimate of drug-likeness (QED) is 0.640. The molecule has 3 nitrogen and oxygen atoms in total. The molecule has 0 bridgehead atoms. The van der Waals surface area contributed by atoms with Crippen LogP contribution in [0.5, 0.6) is 0 Å². The molecule has 0 aromatic rings. The number of primary amides is 1. The molecule has 1 unspecified atom stereocenters. The molecule has 1 saturated heterocycles. The van der Waals surface area contributed by atoms with Crippen molar-refractivity contribution in [2.75, 3.05) is 13.1 Å². The fourth-order valence-corrected chi connectivity index (χ4v) is 1.58. The number of carbonyl (C=O) groups is 1. The van der Waals surface area contributed by atoms with Crippen LogP contribution in [0.2, 0.25) is 0 Å². The summed E-state index contributed by atoms with van der Waals surface area (Å²) in [6.07, 6.45) is 3.03. The van der Waals surface area contributed by atoms with E-state index in [4.69, 9.17) is 5.73 Å². The zero-order valence-corrected chi connectivity index (χ0v) is 7.05. The minimum Gasteiger partial charge on any atom is -0.370 e. The zero-order valence-electron chi connectivity index (χ0n) is 7.05. The van der Waals surface area contributed by atoms with E-state index in [1.165, 1.54) is 12.8 Å². The Bertz CT molecular complexity index is 147. The Morgan fingerprint density at radius 3 is 2.91 bits per heavy atom. The Labute approximate surface area is 67.5 Å². The number of carbonyl (C=O) groups excluding carboxylic acids is 1. The second-order valence-electron chi connectivity index (χ2n) is 3.24. The van der Waals surface area contributed by atoms with Crippen LogP contribution in [-0.4, -0.2) is 29.9 Å². The average Bonchev–Trinajstić information content (AvgIpc) is 2.31. The standard InChI is InChI=1S/C8H16N2O/c1-7-3-2-5-10(7)6-4-8(9)11/h7H,2-6H2,1H3,(H2,9,11). The molecule has 1 heterocycles. The molecule has 11 heavy (non-hydrogen) atoms. The molecule has 2 N–H and O–H groups in total. The molecule has 1 aliphatic rings. The number of likely N-dealkylation sites (tertiary alicyclic amines) is 1. The van der Waals surface area contributed by atoms with Gasteiger partial charge in [0.05, 0.1) is 0 Å². The summed E-state index contributed by atoms with van der Waals surface area (Å²) in [5.41, 5.74) is 5.05. The molecule has 1 aliphatic heterocycles. The Balaban J connectivity index is 2.20. The Morgan fingerprint density at radius 1 is 1.73 bits per heavy atom. The first-order chi connectivity index (χ1) is 5.20. The lowest BCUT2D eigenvalue weighted by atomic mass is 10.2. The number of rotatable bonds is 3. The van der Waals surface area contributed by atoms with Crippen LogP contribution in [0.1, 0.15) is 26.2 Å². The fourth-order valence-electron chi connectivity index (χ4n) is 1.58. The van der Waals surface area contributed by atoms with E-state index in [9.17, 15) is 4.79 Å². The summed E-state index contributed by atoms with van der Waals surface area (Å²) in [6.45, 7) is 4.18. The molecular weight excluding hydrogens is 140 g/mol. The van der Waals surface area contributed by atoms with Gasteiger partial charge in [0, 0.05) is 19.0 Å². The lowest BCUT2D eigenvalue weighted by Gasteiger charge is -2.19. The smallest absolute Gasteiger partial charge is 0.218 e. The molecule has 0 saturated carbocycles. The summed E-state index contributed by atoms with van der Waals surface area (Å²) in [6, 6.07) is 0.648. The first-order valence-corrected chi connectivity index (χ1v) is 4.22. The maximum Gasteiger partial charge on any atom is 0.218 e. The van der Waals surface area contributed by atoms with Crippen molar-refractivity contribution in [3.05, 3.63) is 0 Å². The van der Waals surface area contributed by atoms with E-state index < -0.39 is 0 Å². The molecule has 3 heteroatoms. The monoisotopic (exact) mass is 156 g/mol. The predicted octanol–water partition coefficient (Wildman–Crippen LogP) is 0.346. The van der Waals surface area contributed by atoms with E-state index in [0.29, 0.717) is 12.5 Å². The molecule has 1 amide bonds. The van der Waals surface area contributed by atoms with Crippen LogP contribution in [0.3, 0.4) is 0 Å². The highest BCUT2D eigenvalue weighted by molar-refractivity contribution is 5.73. The zero-order chi connectivity index (χ0) is 8.27.